The number of thioether (sulfide) groups is 1. The number of unbranched alkanes of at least 4 members (excludes halogenated alkanes) is 1. The van der Waals surface area contributed by atoms with Crippen LogP contribution in [0.4, 0.5) is 19.0 Å². The van der Waals surface area contributed by atoms with Crippen molar-refractivity contribution in [3.63, 3.8) is 0 Å². The molecule has 0 bridgehead atoms. The number of halogens is 3. The van der Waals surface area contributed by atoms with Crippen molar-refractivity contribution in [1.29, 1.82) is 0 Å². The van der Waals surface area contributed by atoms with Crippen molar-refractivity contribution >= 4 is 17.6 Å². The normalized spacial score (nSPS) is 11.8. The largest absolute Gasteiger partial charge is 0.451 e. The summed E-state index contributed by atoms with van der Waals surface area (Å²) >= 11 is 1.26. The van der Waals surface area contributed by atoms with Crippen LogP contribution in [0.5, 0.6) is 0 Å². The second-order valence-electron chi connectivity index (χ2n) is 3.15. The molecule has 0 radical (unpaired) electrons. The molecule has 0 saturated carbocycles. The van der Waals surface area contributed by atoms with Gasteiger partial charge in [0.25, 0.3) is 0 Å². The Kier molecular flexibility index (Phi) is 4.40. The lowest BCUT2D eigenvalue weighted by molar-refractivity contribution is -0.145. The maximum atomic E-state index is 12.3. The van der Waals surface area contributed by atoms with E-state index in [4.69, 9.17) is 5.73 Å². The highest BCUT2D eigenvalue weighted by atomic mass is 32.2. The molecule has 1 heterocycles. The smallest absolute Gasteiger partial charge is 0.384 e. The summed E-state index contributed by atoms with van der Waals surface area (Å²) in [4.78, 5) is 6.59. The van der Waals surface area contributed by atoms with Gasteiger partial charge in [-0.2, -0.15) is 13.2 Å². The van der Waals surface area contributed by atoms with Crippen molar-refractivity contribution in [2.45, 2.75) is 31.0 Å². The summed E-state index contributed by atoms with van der Waals surface area (Å²) in [7, 11) is 0. The van der Waals surface area contributed by atoms with Crippen LogP contribution in [0.15, 0.2) is 11.1 Å². The van der Waals surface area contributed by atoms with Crippen molar-refractivity contribution in [3.8, 4) is 0 Å². The van der Waals surface area contributed by atoms with Gasteiger partial charge in [0.2, 0.25) is 5.82 Å². The van der Waals surface area contributed by atoms with Crippen molar-refractivity contribution in [2.75, 3.05) is 11.5 Å². The Morgan fingerprint density at radius 1 is 1.38 bits per heavy atom. The second-order valence-corrected chi connectivity index (χ2v) is 4.27. The van der Waals surface area contributed by atoms with Crippen molar-refractivity contribution in [1.82, 2.24) is 9.97 Å². The lowest BCUT2D eigenvalue weighted by Gasteiger charge is -2.07. The minimum atomic E-state index is -4.55. The van der Waals surface area contributed by atoms with Gasteiger partial charge >= 0.3 is 6.18 Å². The van der Waals surface area contributed by atoms with Gasteiger partial charge in [-0.1, -0.05) is 13.3 Å². The molecule has 0 unspecified atom stereocenters. The number of nitrogens with two attached hydrogens (primary N) is 1. The number of hydrogen-bond acceptors (Lipinski definition) is 4. The molecule has 0 spiro atoms. The fourth-order valence-corrected chi connectivity index (χ4v) is 1.96. The molecule has 7 heteroatoms. The fourth-order valence-electron chi connectivity index (χ4n) is 0.965. The maximum Gasteiger partial charge on any atom is 0.451 e. The number of anilines is 1. The lowest BCUT2D eigenvalue weighted by Crippen LogP contribution is -2.12. The maximum absolute atomic E-state index is 12.3. The summed E-state index contributed by atoms with van der Waals surface area (Å²) in [5.74, 6) is -0.600. The molecule has 0 amide bonds. The van der Waals surface area contributed by atoms with E-state index in [1.807, 2.05) is 6.92 Å². The van der Waals surface area contributed by atoms with E-state index in [1.165, 1.54) is 17.8 Å². The van der Waals surface area contributed by atoms with E-state index >= 15 is 0 Å². The third-order valence-corrected chi connectivity index (χ3v) is 2.72. The fraction of sp³-hybridized carbons (Fsp3) is 0.556. The van der Waals surface area contributed by atoms with Crippen molar-refractivity contribution < 1.29 is 13.2 Å². The van der Waals surface area contributed by atoms with Crippen LogP contribution in [-0.4, -0.2) is 15.7 Å². The molecule has 90 valence electrons. The Morgan fingerprint density at radius 3 is 2.62 bits per heavy atom. The first kappa shape index (κ1) is 13.1. The Hall–Kier alpha value is -0.980. The summed E-state index contributed by atoms with van der Waals surface area (Å²) < 4.78 is 37.0. The quantitative estimate of drug-likeness (QED) is 0.508. The number of nitrogen functional groups attached to an aromatic ring is 1. The minimum absolute atomic E-state index is 0.152. The highest BCUT2D eigenvalue weighted by molar-refractivity contribution is 7.99. The van der Waals surface area contributed by atoms with Crippen molar-refractivity contribution in [3.05, 3.63) is 11.9 Å². The molecule has 0 aliphatic carbocycles. The van der Waals surface area contributed by atoms with Crippen LogP contribution in [0.2, 0.25) is 0 Å². The summed E-state index contributed by atoms with van der Waals surface area (Å²) in [6.45, 7) is 2.01. The first-order chi connectivity index (χ1) is 7.43. The third-order valence-electron chi connectivity index (χ3n) is 1.72. The molecule has 2 N–H and O–H groups in total. The summed E-state index contributed by atoms with van der Waals surface area (Å²) in [6, 6.07) is 1.36. The Bertz CT molecular complexity index is 354. The van der Waals surface area contributed by atoms with Gasteiger partial charge in [0.05, 0.1) is 0 Å². The van der Waals surface area contributed by atoms with Gasteiger partial charge in [-0.3, -0.25) is 0 Å². The van der Waals surface area contributed by atoms with Crippen LogP contribution in [0.25, 0.3) is 0 Å². The average molecular weight is 251 g/mol. The van der Waals surface area contributed by atoms with E-state index < -0.39 is 12.0 Å². The second kappa shape index (κ2) is 5.38. The molecular weight excluding hydrogens is 239 g/mol. The summed E-state index contributed by atoms with van der Waals surface area (Å²) in [5, 5.41) is 0.272. The van der Waals surface area contributed by atoms with Gasteiger partial charge in [0.1, 0.15) is 10.8 Å². The van der Waals surface area contributed by atoms with E-state index in [-0.39, 0.29) is 10.8 Å². The predicted molar refractivity (Wildman–Crippen MR) is 57.1 cm³/mol. The van der Waals surface area contributed by atoms with Gasteiger partial charge in [-0.05, 0) is 12.2 Å². The van der Waals surface area contributed by atoms with E-state index in [9.17, 15) is 13.2 Å². The van der Waals surface area contributed by atoms with Gasteiger partial charge in [0, 0.05) is 6.07 Å². The number of aromatic nitrogens is 2. The molecule has 0 aromatic carbocycles. The first-order valence-corrected chi connectivity index (χ1v) is 5.76. The number of rotatable bonds is 4. The molecular formula is C9H12F3N3S. The van der Waals surface area contributed by atoms with Crippen LogP contribution >= 0.6 is 11.8 Å². The molecule has 0 fully saturated rings. The molecule has 1 rings (SSSR count). The minimum Gasteiger partial charge on any atom is -0.384 e. The molecule has 1 aromatic rings. The molecule has 3 nitrogen and oxygen atoms in total. The third kappa shape index (κ3) is 3.88. The molecule has 0 aliphatic heterocycles. The van der Waals surface area contributed by atoms with E-state index in [0.717, 1.165) is 18.6 Å². The summed E-state index contributed by atoms with van der Waals surface area (Å²) in [5.41, 5.74) is 5.30. The van der Waals surface area contributed by atoms with E-state index in [1.54, 1.807) is 0 Å². The highest BCUT2D eigenvalue weighted by Crippen LogP contribution is 2.29. The zero-order chi connectivity index (χ0) is 12.2. The van der Waals surface area contributed by atoms with Crippen molar-refractivity contribution in [2.24, 2.45) is 0 Å². The summed E-state index contributed by atoms with van der Waals surface area (Å²) in [6.07, 6.45) is -2.63. The molecule has 0 atom stereocenters. The van der Waals surface area contributed by atoms with Gasteiger partial charge < -0.3 is 5.73 Å². The topological polar surface area (TPSA) is 51.8 Å². The first-order valence-electron chi connectivity index (χ1n) is 4.78. The van der Waals surface area contributed by atoms with Gasteiger partial charge in [-0.15, -0.1) is 11.8 Å². The Morgan fingerprint density at radius 2 is 2.06 bits per heavy atom. The number of alkyl halides is 3. The van der Waals surface area contributed by atoms with E-state index in [2.05, 4.69) is 9.97 Å². The predicted octanol–water partition coefficient (Wildman–Crippen LogP) is 2.97. The van der Waals surface area contributed by atoms with Crippen LogP contribution in [0, 0.1) is 0 Å². The molecule has 0 aliphatic rings. The SMILES string of the molecule is CCCCSc1cc(N)nc(C(F)(F)F)n1. The molecule has 1 aromatic heterocycles. The Labute approximate surface area is 95.7 Å². The van der Waals surface area contributed by atoms with Crippen LogP contribution in [0.1, 0.15) is 25.6 Å². The highest BCUT2D eigenvalue weighted by Gasteiger charge is 2.35. The zero-order valence-electron chi connectivity index (χ0n) is 8.71. The van der Waals surface area contributed by atoms with E-state index in [0.29, 0.717) is 0 Å². The monoisotopic (exact) mass is 251 g/mol. The van der Waals surface area contributed by atoms with Gasteiger partial charge in [-0.25, -0.2) is 9.97 Å². The molecule has 16 heavy (non-hydrogen) atoms. The lowest BCUT2D eigenvalue weighted by atomic mass is 10.4. The average Bonchev–Trinajstić information content (AvgIpc) is 2.16. The number of hydrogen-bond donors (Lipinski definition) is 1. The number of nitrogens with zero attached hydrogens (tertiary/aromatic N) is 2. The Balaban J connectivity index is 2.82. The zero-order valence-corrected chi connectivity index (χ0v) is 9.53. The van der Waals surface area contributed by atoms with Crippen LogP contribution < -0.4 is 5.73 Å². The van der Waals surface area contributed by atoms with Gasteiger partial charge in [0.15, 0.2) is 0 Å². The van der Waals surface area contributed by atoms with Crippen LogP contribution in [0.3, 0.4) is 0 Å². The molecule has 0 saturated heterocycles. The van der Waals surface area contributed by atoms with Crippen LogP contribution in [-0.2, 0) is 6.18 Å². The standard InChI is InChI=1S/C9H12F3N3S/c1-2-3-4-16-7-5-6(13)14-8(15-7)9(10,11)12/h5H,2-4H2,1H3,(H2,13,14,15).